The monoisotopic (exact) mass is 332 g/mol. The molecule has 0 saturated carbocycles. The van der Waals surface area contributed by atoms with Crippen LogP contribution in [0.2, 0.25) is 0 Å². The maximum Gasteiger partial charge on any atom is 0.308 e. The zero-order chi connectivity index (χ0) is 17.0. The quantitative estimate of drug-likeness (QED) is 0.843. The van der Waals surface area contributed by atoms with Crippen LogP contribution in [-0.2, 0) is 16.0 Å². The van der Waals surface area contributed by atoms with Gasteiger partial charge in [0.05, 0.1) is 12.1 Å². The molecule has 2 N–H and O–H groups in total. The molecule has 2 aromatic rings. The number of hydrogen-bond acceptors (Lipinski definition) is 4. The number of carboxylic acid groups (broad SMARTS) is 1. The van der Waals surface area contributed by atoms with Crippen LogP contribution in [0.5, 0.6) is 0 Å². The number of aryl methyl sites for hydroxylation is 2. The van der Waals surface area contributed by atoms with Gasteiger partial charge >= 0.3 is 5.97 Å². The molecule has 1 amide bonds. The Balaban J connectivity index is 2.39. The number of nitrogens with one attached hydrogen (secondary N) is 1. The van der Waals surface area contributed by atoms with E-state index in [-0.39, 0.29) is 12.3 Å². The summed E-state index contributed by atoms with van der Waals surface area (Å²) in [4.78, 5) is 27.9. The molecule has 0 spiro atoms. The van der Waals surface area contributed by atoms with Crippen LogP contribution >= 0.6 is 11.3 Å². The van der Waals surface area contributed by atoms with Crippen LogP contribution in [-0.4, -0.2) is 22.0 Å². The Kier molecular flexibility index (Phi) is 5.50. The molecule has 1 aromatic carbocycles. The third-order valence-corrected chi connectivity index (χ3v) is 4.48. The molecule has 0 aliphatic carbocycles. The predicted molar refractivity (Wildman–Crippen MR) is 91.9 cm³/mol. The van der Waals surface area contributed by atoms with Crippen LogP contribution in [0.4, 0.5) is 5.13 Å². The van der Waals surface area contributed by atoms with E-state index in [2.05, 4.69) is 10.3 Å². The van der Waals surface area contributed by atoms with Gasteiger partial charge in [0, 0.05) is 16.9 Å². The minimum absolute atomic E-state index is 0.102. The number of carbonyl (C=O) groups excluding carboxylic acids is 1. The first-order chi connectivity index (χ1) is 10.9. The Hall–Kier alpha value is -2.21. The summed E-state index contributed by atoms with van der Waals surface area (Å²) < 4.78 is 0. The standard InChI is InChI=1S/C17H20N2O3S/c1-4-5-14(20)18-17-19-16(13(23-17)9-15(21)22)12-7-6-10(2)11(3)8-12/h6-8H,4-5,9H2,1-3H3,(H,21,22)(H,18,19,20). The lowest BCUT2D eigenvalue weighted by Gasteiger charge is -2.04. The molecule has 1 aromatic heterocycles. The van der Waals surface area contributed by atoms with Crippen molar-refractivity contribution < 1.29 is 14.7 Å². The maximum absolute atomic E-state index is 11.7. The summed E-state index contributed by atoms with van der Waals surface area (Å²) in [6.45, 7) is 5.96. The topological polar surface area (TPSA) is 79.3 Å². The van der Waals surface area contributed by atoms with E-state index in [1.54, 1.807) is 0 Å². The second-order valence-electron chi connectivity index (χ2n) is 5.46. The molecule has 0 bridgehead atoms. The summed E-state index contributed by atoms with van der Waals surface area (Å²) in [6.07, 6.45) is 1.07. The van der Waals surface area contributed by atoms with Crippen molar-refractivity contribution in [2.24, 2.45) is 0 Å². The first kappa shape index (κ1) is 17.1. The molecule has 0 atom stereocenters. The highest BCUT2D eigenvalue weighted by atomic mass is 32.1. The number of anilines is 1. The number of benzene rings is 1. The third-order valence-electron chi connectivity index (χ3n) is 3.51. The lowest BCUT2D eigenvalue weighted by Crippen LogP contribution is -2.10. The van der Waals surface area contributed by atoms with Gasteiger partial charge in [-0.3, -0.25) is 9.59 Å². The number of carboxylic acids is 1. The molecule has 6 heteroatoms. The fraction of sp³-hybridized carbons (Fsp3) is 0.353. The summed E-state index contributed by atoms with van der Waals surface area (Å²) in [5.41, 5.74) is 3.79. The third kappa shape index (κ3) is 4.39. The molecule has 23 heavy (non-hydrogen) atoms. The molecular weight excluding hydrogens is 312 g/mol. The van der Waals surface area contributed by atoms with Gasteiger partial charge < -0.3 is 10.4 Å². The van der Waals surface area contributed by atoms with E-state index >= 15 is 0 Å². The van der Waals surface area contributed by atoms with Crippen molar-refractivity contribution >= 4 is 28.3 Å². The lowest BCUT2D eigenvalue weighted by atomic mass is 10.0. The smallest absolute Gasteiger partial charge is 0.308 e. The van der Waals surface area contributed by atoms with E-state index in [1.807, 2.05) is 39.0 Å². The molecular formula is C17H20N2O3S. The van der Waals surface area contributed by atoms with Crippen LogP contribution in [0.3, 0.4) is 0 Å². The summed E-state index contributed by atoms with van der Waals surface area (Å²) in [6, 6.07) is 5.91. The summed E-state index contributed by atoms with van der Waals surface area (Å²) >= 11 is 1.22. The normalized spacial score (nSPS) is 10.6. The number of aromatic nitrogens is 1. The molecule has 122 valence electrons. The summed E-state index contributed by atoms with van der Waals surface area (Å²) in [5, 5.41) is 12.3. The minimum Gasteiger partial charge on any atom is -0.481 e. The van der Waals surface area contributed by atoms with E-state index < -0.39 is 5.97 Å². The maximum atomic E-state index is 11.7. The van der Waals surface area contributed by atoms with Crippen LogP contribution in [0.25, 0.3) is 11.3 Å². The number of amides is 1. The highest BCUT2D eigenvalue weighted by Crippen LogP contribution is 2.32. The zero-order valence-electron chi connectivity index (χ0n) is 13.5. The molecule has 0 saturated heterocycles. The van der Waals surface area contributed by atoms with Crippen molar-refractivity contribution in [1.82, 2.24) is 4.98 Å². The van der Waals surface area contributed by atoms with Crippen LogP contribution < -0.4 is 5.32 Å². The predicted octanol–water partition coefficient (Wildman–Crippen LogP) is 3.79. The number of thiazole rings is 1. The molecule has 0 aliphatic rings. The van der Waals surface area contributed by atoms with Gasteiger partial charge in [-0.25, -0.2) is 4.98 Å². The molecule has 0 aliphatic heterocycles. The summed E-state index contributed by atoms with van der Waals surface area (Å²) in [5.74, 6) is -1.01. The second-order valence-corrected chi connectivity index (χ2v) is 6.54. The Morgan fingerprint density at radius 3 is 2.61 bits per heavy atom. The number of nitrogens with zero attached hydrogens (tertiary/aromatic N) is 1. The number of rotatable bonds is 6. The molecule has 0 unspecified atom stereocenters. The number of carbonyl (C=O) groups is 2. The molecule has 1 heterocycles. The van der Waals surface area contributed by atoms with E-state index in [0.29, 0.717) is 22.1 Å². The molecule has 5 nitrogen and oxygen atoms in total. The largest absolute Gasteiger partial charge is 0.481 e. The Morgan fingerprint density at radius 1 is 1.26 bits per heavy atom. The van der Waals surface area contributed by atoms with Gasteiger partial charge in [0.2, 0.25) is 5.91 Å². The van der Waals surface area contributed by atoms with Gasteiger partial charge in [0.15, 0.2) is 5.13 Å². The van der Waals surface area contributed by atoms with Crippen molar-refractivity contribution in [1.29, 1.82) is 0 Å². The molecule has 2 rings (SSSR count). The highest BCUT2D eigenvalue weighted by molar-refractivity contribution is 7.16. The average molecular weight is 332 g/mol. The number of hydrogen-bond donors (Lipinski definition) is 2. The fourth-order valence-corrected chi connectivity index (χ4v) is 3.18. The van der Waals surface area contributed by atoms with E-state index in [4.69, 9.17) is 5.11 Å². The SMILES string of the molecule is CCCC(=O)Nc1nc(-c2ccc(C)c(C)c2)c(CC(=O)O)s1. The van der Waals surface area contributed by atoms with Gasteiger partial charge in [-0.1, -0.05) is 19.1 Å². The van der Waals surface area contributed by atoms with Crippen molar-refractivity contribution in [3.05, 3.63) is 34.2 Å². The van der Waals surface area contributed by atoms with Crippen LogP contribution in [0.1, 0.15) is 35.8 Å². The number of aliphatic carboxylic acids is 1. The van der Waals surface area contributed by atoms with Crippen molar-refractivity contribution in [2.75, 3.05) is 5.32 Å². The second kappa shape index (κ2) is 7.37. The van der Waals surface area contributed by atoms with Crippen molar-refractivity contribution in [3.63, 3.8) is 0 Å². The van der Waals surface area contributed by atoms with Crippen LogP contribution in [0, 0.1) is 13.8 Å². The Bertz CT molecular complexity index is 737. The fourth-order valence-electron chi connectivity index (χ4n) is 2.19. The molecule has 0 radical (unpaired) electrons. The first-order valence-electron chi connectivity index (χ1n) is 7.49. The van der Waals surface area contributed by atoms with Crippen LogP contribution in [0.15, 0.2) is 18.2 Å². The lowest BCUT2D eigenvalue weighted by molar-refractivity contribution is -0.136. The van der Waals surface area contributed by atoms with E-state index in [0.717, 1.165) is 17.5 Å². The summed E-state index contributed by atoms with van der Waals surface area (Å²) in [7, 11) is 0. The minimum atomic E-state index is -0.912. The zero-order valence-corrected chi connectivity index (χ0v) is 14.3. The van der Waals surface area contributed by atoms with Gasteiger partial charge in [-0.15, -0.1) is 11.3 Å². The van der Waals surface area contributed by atoms with Crippen molar-refractivity contribution in [3.8, 4) is 11.3 Å². The van der Waals surface area contributed by atoms with E-state index in [9.17, 15) is 9.59 Å². The molecule has 0 fully saturated rings. The van der Waals surface area contributed by atoms with Gasteiger partial charge in [0.25, 0.3) is 0 Å². The first-order valence-corrected chi connectivity index (χ1v) is 8.31. The average Bonchev–Trinajstić information content (AvgIpc) is 2.83. The highest BCUT2D eigenvalue weighted by Gasteiger charge is 2.17. The Labute approximate surface area is 139 Å². The van der Waals surface area contributed by atoms with Crippen molar-refractivity contribution in [2.45, 2.75) is 40.0 Å². The van der Waals surface area contributed by atoms with Gasteiger partial charge in [-0.05, 0) is 37.5 Å². The Morgan fingerprint density at radius 2 is 2.00 bits per heavy atom. The van der Waals surface area contributed by atoms with Gasteiger partial charge in [0.1, 0.15) is 0 Å². The van der Waals surface area contributed by atoms with Gasteiger partial charge in [-0.2, -0.15) is 0 Å². The van der Waals surface area contributed by atoms with E-state index in [1.165, 1.54) is 16.9 Å².